The topological polar surface area (TPSA) is 0 Å². The second-order valence-electron chi connectivity index (χ2n) is 2.67. The summed E-state index contributed by atoms with van der Waals surface area (Å²) in [6, 6.07) is 0. The number of hydrogen-bond donors (Lipinski definition) is 0. The van der Waals surface area contributed by atoms with E-state index in [1.165, 1.54) is 6.42 Å². The fourth-order valence-corrected chi connectivity index (χ4v) is 1.61. The van der Waals surface area contributed by atoms with Crippen LogP contribution in [0.25, 0.3) is 0 Å². The molecule has 0 radical (unpaired) electrons. The Morgan fingerprint density at radius 1 is 1.40 bits per heavy atom. The van der Waals surface area contributed by atoms with Crippen LogP contribution in [0.2, 0.25) is 0 Å². The van der Waals surface area contributed by atoms with Crippen molar-refractivity contribution in [1.82, 2.24) is 0 Å². The fourth-order valence-electron chi connectivity index (χ4n) is 1.11. The maximum Gasteiger partial charge on any atom is 0.131 e. The average molecular weight is 207 g/mol. The van der Waals surface area contributed by atoms with E-state index in [1.807, 2.05) is 6.08 Å². The lowest BCUT2D eigenvalue weighted by atomic mass is 10.1. The van der Waals surface area contributed by atoms with Gasteiger partial charge in [-0.05, 0) is 19.3 Å². The zero-order valence-corrected chi connectivity index (χ0v) is 7.48. The van der Waals surface area contributed by atoms with Gasteiger partial charge in [-0.15, -0.1) is 0 Å². The van der Waals surface area contributed by atoms with Crippen molar-refractivity contribution in [3.63, 3.8) is 0 Å². The SMILES string of the molecule is FC1/C=C\CCCCC1Br. The minimum Gasteiger partial charge on any atom is -0.242 e. The lowest BCUT2D eigenvalue weighted by Crippen LogP contribution is -2.13. The van der Waals surface area contributed by atoms with E-state index in [-0.39, 0.29) is 4.83 Å². The third-order valence-electron chi connectivity index (χ3n) is 1.77. The number of rotatable bonds is 0. The van der Waals surface area contributed by atoms with Gasteiger partial charge < -0.3 is 0 Å². The van der Waals surface area contributed by atoms with Gasteiger partial charge in [-0.3, -0.25) is 0 Å². The summed E-state index contributed by atoms with van der Waals surface area (Å²) in [6.07, 6.45) is 7.18. The van der Waals surface area contributed by atoms with Gasteiger partial charge in [0.1, 0.15) is 6.17 Å². The molecule has 2 atom stereocenters. The normalized spacial score (nSPS) is 38.2. The van der Waals surface area contributed by atoms with Crippen LogP contribution in [0, 0.1) is 0 Å². The molecule has 0 heterocycles. The molecule has 1 aliphatic carbocycles. The van der Waals surface area contributed by atoms with Crippen LogP contribution in [-0.2, 0) is 0 Å². The Kier molecular flexibility index (Phi) is 3.40. The van der Waals surface area contributed by atoms with Crippen LogP contribution < -0.4 is 0 Å². The van der Waals surface area contributed by atoms with Gasteiger partial charge in [0.25, 0.3) is 0 Å². The zero-order valence-electron chi connectivity index (χ0n) is 5.89. The number of hydrogen-bond acceptors (Lipinski definition) is 0. The van der Waals surface area contributed by atoms with E-state index >= 15 is 0 Å². The molecular weight excluding hydrogens is 195 g/mol. The van der Waals surface area contributed by atoms with Gasteiger partial charge >= 0.3 is 0 Å². The molecule has 0 N–H and O–H groups in total. The monoisotopic (exact) mass is 206 g/mol. The van der Waals surface area contributed by atoms with E-state index in [4.69, 9.17) is 0 Å². The van der Waals surface area contributed by atoms with Crippen molar-refractivity contribution in [2.45, 2.75) is 36.7 Å². The molecule has 0 saturated carbocycles. The van der Waals surface area contributed by atoms with Gasteiger partial charge in [0.05, 0.1) is 0 Å². The molecule has 58 valence electrons. The summed E-state index contributed by atoms with van der Waals surface area (Å²) in [5, 5.41) is 0. The van der Waals surface area contributed by atoms with Crippen LogP contribution >= 0.6 is 15.9 Å². The molecule has 0 amide bonds. The molecule has 0 aliphatic heterocycles. The van der Waals surface area contributed by atoms with Gasteiger partial charge in [-0.1, -0.05) is 34.5 Å². The largest absolute Gasteiger partial charge is 0.242 e. The van der Waals surface area contributed by atoms with E-state index in [0.717, 1.165) is 19.3 Å². The highest BCUT2D eigenvalue weighted by Crippen LogP contribution is 2.20. The number of halogens is 2. The van der Waals surface area contributed by atoms with Gasteiger partial charge in [0.2, 0.25) is 0 Å². The van der Waals surface area contributed by atoms with Crippen LogP contribution in [0.3, 0.4) is 0 Å². The molecule has 2 heteroatoms. The van der Waals surface area contributed by atoms with E-state index in [1.54, 1.807) is 6.08 Å². The molecule has 0 fully saturated rings. The van der Waals surface area contributed by atoms with Gasteiger partial charge in [-0.2, -0.15) is 0 Å². The Bertz CT molecular complexity index is 122. The highest BCUT2D eigenvalue weighted by molar-refractivity contribution is 9.09. The molecule has 0 aromatic heterocycles. The molecule has 0 aromatic carbocycles. The molecule has 10 heavy (non-hydrogen) atoms. The lowest BCUT2D eigenvalue weighted by Gasteiger charge is -2.13. The maximum atomic E-state index is 12.9. The molecule has 0 aromatic rings. The summed E-state index contributed by atoms with van der Waals surface area (Å²) in [7, 11) is 0. The van der Waals surface area contributed by atoms with Crippen LogP contribution in [0.4, 0.5) is 4.39 Å². The molecule has 2 unspecified atom stereocenters. The first-order chi connectivity index (χ1) is 4.80. The number of allylic oxidation sites excluding steroid dienone is 2. The predicted molar refractivity (Wildman–Crippen MR) is 45.2 cm³/mol. The summed E-state index contributed by atoms with van der Waals surface area (Å²) in [5.74, 6) is 0. The van der Waals surface area contributed by atoms with E-state index in [9.17, 15) is 4.39 Å². The standard InChI is InChI=1S/C8H12BrF/c9-7-5-3-1-2-4-6-8(7)10/h4,6-8H,1-3,5H2/b6-4-. The van der Waals surface area contributed by atoms with Crippen molar-refractivity contribution in [2.24, 2.45) is 0 Å². The summed E-state index contributed by atoms with van der Waals surface area (Å²) in [4.78, 5) is 0.0454. The summed E-state index contributed by atoms with van der Waals surface area (Å²) < 4.78 is 12.9. The first kappa shape index (κ1) is 8.25. The van der Waals surface area contributed by atoms with Crippen molar-refractivity contribution >= 4 is 15.9 Å². The Morgan fingerprint density at radius 2 is 2.20 bits per heavy atom. The average Bonchev–Trinajstić information content (AvgIpc) is 1.92. The van der Waals surface area contributed by atoms with Gasteiger partial charge in [0, 0.05) is 4.83 Å². The first-order valence-corrected chi connectivity index (χ1v) is 4.67. The predicted octanol–water partition coefficient (Wildman–Crippen LogP) is 3.22. The van der Waals surface area contributed by atoms with Crippen molar-refractivity contribution in [2.75, 3.05) is 0 Å². The van der Waals surface area contributed by atoms with Crippen LogP contribution in [0.1, 0.15) is 25.7 Å². The van der Waals surface area contributed by atoms with Gasteiger partial charge in [0.15, 0.2) is 0 Å². The third kappa shape index (κ3) is 2.41. The number of alkyl halides is 2. The van der Waals surface area contributed by atoms with E-state index in [0.29, 0.717) is 0 Å². The molecule has 1 aliphatic rings. The highest BCUT2D eigenvalue weighted by atomic mass is 79.9. The molecule has 0 saturated heterocycles. The smallest absolute Gasteiger partial charge is 0.131 e. The van der Waals surface area contributed by atoms with Crippen molar-refractivity contribution in [3.05, 3.63) is 12.2 Å². The second kappa shape index (κ2) is 4.12. The molecule has 0 spiro atoms. The Labute approximate surface area is 69.6 Å². The third-order valence-corrected chi connectivity index (χ3v) is 2.73. The lowest BCUT2D eigenvalue weighted by molar-refractivity contribution is 0.373. The van der Waals surface area contributed by atoms with Crippen LogP contribution in [-0.4, -0.2) is 11.0 Å². The Balaban J connectivity index is 2.44. The molecular formula is C8H12BrF. The Morgan fingerprint density at radius 3 is 3.00 bits per heavy atom. The van der Waals surface area contributed by atoms with E-state index in [2.05, 4.69) is 15.9 Å². The highest BCUT2D eigenvalue weighted by Gasteiger charge is 2.15. The minimum atomic E-state index is -0.778. The summed E-state index contributed by atoms with van der Waals surface area (Å²) >= 11 is 3.31. The maximum absolute atomic E-state index is 12.9. The molecule has 0 nitrogen and oxygen atoms in total. The van der Waals surface area contributed by atoms with Gasteiger partial charge in [-0.25, -0.2) is 4.39 Å². The first-order valence-electron chi connectivity index (χ1n) is 3.75. The summed E-state index contributed by atoms with van der Waals surface area (Å²) in [5.41, 5.74) is 0. The summed E-state index contributed by atoms with van der Waals surface area (Å²) in [6.45, 7) is 0. The molecule has 0 bridgehead atoms. The van der Waals surface area contributed by atoms with Crippen molar-refractivity contribution in [1.29, 1.82) is 0 Å². The minimum absolute atomic E-state index is 0.0454. The van der Waals surface area contributed by atoms with Crippen molar-refractivity contribution < 1.29 is 4.39 Å². The van der Waals surface area contributed by atoms with Crippen LogP contribution in [0.15, 0.2) is 12.2 Å². The fraction of sp³-hybridized carbons (Fsp3) is 0.750. The second-order valence-corrected chi connectivity index (χ2v) is 3.85. The van der Waals surface area contributed by atoms with E-state index < -0.39 is 6.17 Å². The van der Waals surface area contributed by atoms with Crippen molar-refractivity contribution in [3.8, 4) is 0 Å². The molecule has 1 rings (SSSR count). The zero-order chi connectivity index (χ0) is 7.40. The quantitative estimate of drug-likeness (QED) is 0.422. The Hall–Kier alpha value is 0.150. The van der Waals surface area contributed by atoms with Crippen LogP contribution in [0.5, 0.6) is 0 Å².